The Balaban J connectivity index is 1.89. The number of rotatable bonds is 8. The van der Waals surface area contributed by atoms with Gasteiger partial charge >= 0.3 is 0 Å². The maximum Gasteiger partial charge on any atom is 0.266 e. The van der Waals surface area contributed by atoms with Gasteiger partial charge in [0.15, 0.2) is 0 Å². The number of aryl methyl sites for hydroxylation is 1. The van der Waals surface area contributed by atoms with Gasteiger partial charge in [-0.05, 0) is 61.4 Å². The minimum Gasteiger partial charge on any atom is -0.332 e. The Hall–Kier alpha value is -2.95. The lowest BCUT2D eigenvalue weighted by Gasteiger charge is -2.36. The van der Waals surface area contributed by atoms with Gasteiger partial charge in [-0.1, -0.05) is 71.2 Å². The van der Waals surface area contributed by atoms with E-state index in [0.29, 0.717) is 35.6 Å². The van der Waals surface area contributed by atoms with Crippen molar-refractivity contribution in [3.05, 3.63) is 70.3 Å². The van der Waals surface area contributed by atoms with Crippen LogP contribution in [0.4, 0.5) is 0 Å². The van der Waals surface area contributed by atoms with Crippen LogP contribution in [0.15, 0.2) is 53.3 Å². The van der Waals surface area contributed by atoms with Crippen LogP contribution >= 0.6 is 0 Å². The smallest absolute Gasteiger partial charge is 0.266 e. The molecule has 3 aromatic rings. The molecule has 1 atom stereocenters. The van der Waals surface area contributed by atoms with Crippen molar-refractivity contribution in [3.63, 3.8) is 0 Å². The predicted octanol–water partition coefficient (Wildman–Crippen LogP) is 6.46. The molecule has 0 bridgehead atoms. The molecule has 1 unspecified atom stereocenters. The summed E-state index contributed by atoms with van der Waals surface area (Å²) < 4.78 is 1.75. The molecular formula is C30H39N3O2. The van der Waals surface area contributed by atoms with Crippen molar-refractivity contribution in [3.8, 4) is 5.69 Å². The number of carbonyl (C=O) groups excluding carboxylic acids is 1. The van der Waals surface area contributed by atoms with Crippen LogP contribution in [0.5, 0.6) is 0 Å². The second-order valence-corrected chi connectivity index (χ2v) is 10.3. The first kappa shape index (κ1) is 25.2. The molecule has 1 amide bonds. The van der Waals surface area contributed by atoms with Gasteiger partial charge in [-0.3, -0.25) is 14.2 Å². The van der Waals surface area contributed by atoms with Crippen molar-refractivity contribution >= 4 is 16.8 Å². The van der Waals surface area contributed by atoms with Gasteiger partial charge in [0.2, 0.25) is 5.91 Å². The zero-order valence-corrected chi connectivity index (χ0v) is 21.7. The van der Waals surface area contributed by atoms with Gasteiger partial charge in [-0.25, -0.2) is 4.98 Å². The van der Waals surface area contributed by atoms with E-state index in [1.54, 1.807) is 4.57 Å². The molecule has 1 fully saturated rings. The summed E-state index contributed by atoms with van der Waals surface area (Å²) in [5.41, 5.74) is 2.62. The van der Waals surface area contributed by atoms with E-state index in [4.69, 9.17) is 4.98 Å². The molecule has 0 radical (unpaired) electrons. The summed E-state index contributed by atoms with van der Waals surface area (Å²) in [5.74, 6) is 1.27. The van der Waals surface area contributed by atoms with Crippen molar-refractivity contribution in [2.45, 2.75) is 78.7 Å². The van der Waals surface area contributed by atoms with Crippen molar-refractivity contribution in [1.29, 1.82) is 0 Å². The summed E-state index contributed by atoms with van der Waals surface area (Å²) in [4.78, 5) is 34.8. The van der Waals surface area contributed by atoms with Crippen LogP contribution in [-0.4, -0.2) is 26.9 Å². The minimum absolute atomic E-state index is 0.0704. The number of aromatic nitrogens is 2. The highest BCUT2D eigenvalue weighted by molar-refractivity contribution is 5.80. The highest BCUT2D eigenvalue weighted by atomic mass is 16.2. The fourth-order valence-electron chi connectivity index (χ4n) is 5.39. The molecule has 186 valence electrons. The van der Waals surface area contributed by atoms with Crippen LogP contribution in [0.1, 0.15) is 83.6 Å². The van der Waals surface area contributed by atoms with Crippen LogP contribution in [-0.2, 0) is 11.2 Å². The Morgan fingerprint density at radius 1 is 1.03 bits per heavy atom. The summed E-state index contributed by atoms with van der Waals surface area (Å²) in [5, 5.41) is 0.597. The first-order valence-corrected chi connectivity index (χ1v) is 13.4. The first-order chi connectivity index (χ1) is 16.9. The molecule has 0 aliphatic heterocycles. The predicted molar refractivity (Wildman–Crippen MR) is 143 cm³/mol. The van der Waals surface area contributed by atoms with Crippen molar-refractivity contribution < 1.29 is 4.79 Å². The topological polar surface area (TPSA) is 55.2 Å². The molecule has 5 nitrogen and oxygen atoms in total. The zero-order valence-electron chi connectivity index (χ0n) is 21.7. The summed E-state index contributed by atoms with van der Waals surface area (Å²) in [6.45, 7) is 9.18. The third kappa shape index (κ3) is 5.34. The highest BCUT2D eigenvalue weighted by Gasteiger charge is 2.33. The molecule has 0 spiro atoms. The molecule has 5 heteroatoms. The lowest BCUT2D eigenvalue weighted by molar-refractivity contribution is -0.140. The fourth-order valence-corrected chi connectivity index (χ4v) is 5.39. The van der Waals surface area contributed by atoms with E-state index in [0.717, 1.165) is 37.8 Å². The van der Waals surface area contributed by atoms with Crippen LogP contribution in [0.3, 0.4) is 0 Å². The Morgan fingerprint density at radius 2 is 1.71 bits per heavy atom. The van der Waals surface area contributed by atoms with Gasteiger partial charge in [-0.2, -0.15) is 0 Å². The maximum absolute atomic E-state index is 13.9. The van der Waals surface area contributed by atoms with E-state index in [2.05, 4.69) is 39.8 Å². The van der Waals surface area contributed by atoms with Crippen LogP contribution < -0.4 is 5.56 Å². The van der Waals surface area contributed by atoms with Gasteiger partial charge in [-0.15, -0.1) is 0 Å². The number of hydrogen-bond acceptors (Lipinski definition) is 3. The van der Waals surface area contributed by atoms with E-state index in [1.807, 2.05) is 41.3 Å². The largest absolute Gasteiger partial charge is 0.332 e. The molecule has 1 aliphatic carbocycles. The Bertz CT molecular complexity index is 1210. The van der Waals surface area contributed by atoms with Gasteiger partial charge in [0.1, 0.15) is 5.82 Å². The first-order valence-electron chi connectivity index (χ1n) is 13.4. The molecule has 35 heavy (non-hydrogen) atoms. The molecule has 1 saturated carbocycles. The third-order valence-electron chi connectivity index (χ3n) is 7.26. The van der Waals surface area contributed by atoms with Crippen LogP contribution in [0.2, 0.25) is 0 Å². The molecule has 2 aromatic carbocycles. The van der Waals surface area contributed by atoms with Gasteiger partial charge < -0.3 is 4.90 Å². The lowest BCUT2D eigenvalue weighted by atomic mass is 9.87. The van der Waals surface area contributed by atoms with E-state index < -0.39 is 0 Å². The monoisotopic (exact) mass is 473 g/mol. The average molecular weight is 474 g/mol. The van der Waals surface area contributed by atoms with Gasteiger partial charge in [0, 0.05) is 12.5 Å². The summed E-state index contributed by atoms with van der Waals surface area (Å²) in [6.07, 6.45) is 7.00. The molecule has 4 rings (SSSR count). The SMILES string of the molecule is CCc1ccc(-n2c(C(CC)N(CC(C)C)C(=O)C3CCCCC3)nc3ccccc3c2=O)cc1. The van der Waals surface area contributed by atoms with Crippen LogP contribution in [0.25, 0.3) is 16.6 Å². The number of benzene rings is 2. The molecule has 1 aliphatic rings. The zero-order chi connectivity index (χ0) is 24.9. The quantitative estimate of drug-likeness (QED) is 0.377. The third-order valence-corrected chi connectivity index (χ3v) is 7.26. The van der Waals surface area contributed by atoms with Crippen molar-refractivity contribution in [1.82, 2.24) is 14.5 Å². The van der Waals surface area contributed by atoms with Crippen LogP contribution in [0, 0.1) is 11.8 Å². The molecular weight excluding hydrogens is 434 g/mol. The molecule has 0 N–H and O–H groups in total. The van der Waals surface area contributed by atoms with Crippen molar-refractivity contribution in [2.75, 3.05) is 6.54 Å². The number of nitrogens with zero attached hydrogens (tertiary/aromatic N) is 3. The Labute approximate surface area is 209 Å². The minimum atomic E-state index is -0.269. The maximum atomic E-state index is 13.9. The fraction of sp³-hybridized carbons (Fsp3) is 0.500. The van der Waals surface area contributed by atoms with E-state index >= 15 is 0 Å². The molecule has 1 heterocycles. The summed E-state index contributed by atoms with van der Waals surface area (Å²) in [6, 6.07) is 15.4. The second kappa shape index (κ2) is 11.2. The van der Waals surface area contributed by atoms with E-state index in [-0.39, 0.29) is 23.4 Å². The van der Waals surface area contributed by atoms with E-state index in [1.165, 1.54) is 12.0 Å². The average Bonchev–Trinajstić information content (AvgIpc) is 2.89. The Morgan fingerprint density at radius 3 is 2.34 bits per heavy atom. The molecule has 0 saturated heterocycles. The Kier molecular flexibility index (Phi) is 8.04. The second-order valence-electron chi connectivity index (χ2n) is 10.3. The molecule has 1 aromatic heterocycles. The summed E-state index contributed by atoms with van der Waals surface area (Å²) >= 11 is 0. The number of fused-ring (bicyclic) bond motifs is 1. The highest BCUT2D eigenvalue weighted by Crippen LogP contribution is 2.32. The lowest BCUT2D eigenvalue weighted by Crippen LogP contribution is -2.43. The number of hydrogen-bond donors (Lipinski definition) is 0. The number of carbonyl (C=O) groups is 1. The van der Waals surface area contributed by atoms with Crippen molar-refractivity contribution in [2.24, 2.45) is 11.8 Å². The normalized spacial score (nSPS) is 15.5. The van der Waals surface area contributed by atoms with Gasteiger partial charge in [0.05, 0.1) is 22.6 Å². The standard InChI is InChI=1S/C30H39N3O2/c1-5-22-16-18-24(19-17-22)33-28(31-26-15-11-10-14-25(26)30(33)35)27(6-2)32(20-21(3)4)29(34)23-12-8-7-9-13-23/h10-11,14-19,21,23,27H,5-9,12-13,20H2,1-4H3. The van der Waals surface area contributed by atoms with Gasteiger partial charge in [0.25, 0.3) is 5.56 Å². The summed E-state index contributed by atoms with van der Waals surface area (Å²) in [7, 11) is 0. The number of amides is 1. The number of para-hydroxylation sites is 1. The van der Waals surface area contributed by atoms with E-state index in [9.17, 15) is 9.59 Å².